The van der Waals surface area contributed by atoms with Crippen molar-refractivity contribution >= 4 is 28.8 Å². The van der Waals surface area contributed by atoms with Crippen molar-refractivity contribution in [2.75, 3.05) is 7.11 Å². The number of nitrogens with zero attached hydrogens (tertiary/aromatic N) is 1. The molecule has 0 spiro atoms. The minimum Gasteiger partial charge on any atom is -0.480 e. The quantitative estimate of drug-likeness (QED) is 0.897. The summed E-state index contributed by atoms with van der Waals surface area (Å²) in [7, 11) is 1.53. The molecule has 1 N–H and O–H groups in total. The SMILES string of the molecule is COc1cc(-c2ccsc2C(=O)O)sn1. The number of rotatable bonds is 3. The molecule has 0 fully saturated rings. The van der Waals surface area contributed by atoms with Gasteiger partial charge in [-0.3, -0.25) is 0 Å². The van der Waals surface area contributed by atoms with Gasteiger partial charge in [-0.15, -0.1) is 11.3 Å². The van der Waals surface area contributed by atoms with Crippen LogP contribution in [0, 0.1) is 0 Å². The monoisotopic (exact) mass is 241 g/mol. The summed E-state index contributed by atoms with van der Waals surface area (Å²) in [4.78, 5) is 12.0. The minimum absolute atomic E-state index is 0.335. The number of hydrogen-bond acceptors (Lipinski definition) is 5. The molecule has 0 aliphatic rings. The third-order valence-corrected chi connectivity index (χ3v) is 3.53. The van der Waals surface area contributed by atoms with Gasteiger partial charge in [0.15, 0.2) is 0 Å². The fraction of sp³-hybridized carbons (Fsp3) is 0.111. The summed E-state index contributed by atoms with van der Waals surface area (Å²) >= 11 is 2.44. The number of aromatic carboxylic acids is 1. The smallest absolute Gasteiger partial charge is 0.346 e. The number of ether oxygens (including phenoxy) is 1. The van der Waals surface area contributed by atoms with E-state index in [0.29, 0.717) is 16.3 Å². The van der Waals surface area contributed by atoms with Crippen molar-refractivity contribution in [3.8, 4) is 16.3 Å². The highest BCUT2D eigenvalue weighted by molar-refractivity contribution is 7.14. The zero-order valence-electron chi connectivity index (χ0n) is 7.76. The largest absolute Gasteiger partial charge is 0.480 e. The van der Waals surface area contributed by atoms with Crippen molar-refractivity contribution in [3.05, 3.63) is 22.4 Å². The summed E-state index contributed by atoms with van der Waals surface area (Å²) in [5, 5.41) is 10.7. The fourth-order valence-corrected chi connectivity index (χ4v) is 2.70. The predicted molar refractivity (Wildman–Crippen MR) is 58.9 cm³/mol. The lowest BCUT2D eigenvalue weighted by Crippen LogP contribution is -1.93. The van der Waals surface area contributed by atoms with Crippen molar-refractivity contribution in [2.45, 2.75) is 0 Å². The summed E-state index contributed by atoms with van der Waals surface area (Å²) in [6.45, 7) is 0. The molecule has 2 heterocycles. The summed E-state index contributed by atoms with van der Waals surface area (Å²) in [5.74, 6) is -0.398. The Bertz CT molecular complexity index is 489. The van der Waals surface area contributed by atoms with E-state index in [1.165, 1.54) is 30.0 Å². The average molecular weight is 241 g/mol. The van der Waals surface area contributed by atoms with E-state index in [-0.39, 0.29) is 0 Å². The average Bonchev–Trinajstić information content (AvgIpc) is 2.85. The molecule has 0 aliphatic carbocycles. The van der Waals surface area contributed by atoms with Gasteiger partial charge in [0.25, 0.3) is 0 Å². The van der Waals surface area contributed by atoms with Crippen LogP contribution in [0.5, 0.6) is 5.88 Å². The second kappa shape index (κ2) is 4.00. The number of aromatic nitrogens is 1. The van der Waals surface area contributed by atoms with Crippen LogP contribution in [-0.2, 0) is 0 Å². The highest BCUT2D eigenvalue weighted by Gasteiger charge is 2.15. The van der Waals surface area contributed by atoms with E-state index in [0.717, 1.165) is 4.88 Å². The van der Waals surface area contributed by atoms with Crippen molar-refractivity contribution < 1.29 is 14.6 Å². The van der Waals surface area contributed by atoms with Gasteiger partial charge in [0.05, 0.1) is 12.0 Å². The van der Waals surface area contributed by atoms with Crippen LogP contribution in [0.4, 0.5) is 0 Å². The zero-order valence-corrected chi connectivity index (χ0v) is 9.39. The molecule has 0 aromatic carbocycles. The number of hydrogen-bond donors (Lipinski definition) is 1. The van der Waals surface area contributed by atoms with E-state index in [9.17, 15) is 4.79 Å². The van der Waals surface area contributed by atoms with E-state index in [1.54, 1.807) is 17.5 Å². The lowest BCUT2D eigenvalue weighted by Gasteiger charge is -1.93. The molecule has 4 nitrogen and oxygen atoms in total. The number of methoxy groups -OCH3 is 1. The number of thiophene rings is 1. The molecule has 0 saturated heterocycles. The first-order valence-corrected chi connectivity index (χ1v) is 5.69. The fourth-order valence-electron chi connectivity index (χ4n) is 1.15. The molecule has 78 valence electrons. The van der Waals surface area contributed by atoms with Gasteiger partial charge >= 0.3 is 5.97 Å². The van der Waals surface area contributed by atoms with E-state index >= 15 is 0 Å². The van der Waals surface area contributed by atoms with Crippen molar-refractivity contribution in [3.63, 3.8) is 0 Å². The topological polar surface area (TPSA) is 59.4 Å². The molecule has 0 atom stereocenters. The Morgan fingerprint density at radius 2 is 2.40 bits per heavy atom. The molecule has 0 saturated carbocycles. The Morgan fingerprint density at radius 3 is 3.00 bits per heavy atom. The van der Waals surface area contributed by atoms with Crippen molar-refractivity contribution in [2.24, 2.45) is 0 Å². The van der Waals surface area contributed by atoms with Gasteiger partial charge in [0.1, 0.15) is 4.88 Å². The van der Waals surface area contributed by atoms with Crippen LogP contribution in [-0.4, -0.2) is 22.6 Å². The van der Waals surface area contributed by atoms with Crippen molar-refractivity contribution in [1.29, 1.82) is 0 Å². The Balaban J connectivity index is 2.44. The highest BCUT2D eigenvalue weighted by atomic mass is 32.1. The van der Waals surface area contributed by atoms with Crippen LogP contribution in [0.2, 0.25) is 0 Å². The van der Waals surface area contributed by atoms with Crippen LogP contribution >= 0.6 is 22.9 Å². The van der Waals surface area contributed by atoms with Gasteiger partial charge in [0, 0.05) is 11.6 Å². The first-order valence-electron chi connectivity index (χ1n) is 4.04. The second-order valence-electron chi connectivity index (χ2n) is 2.70. The first kappa shape index (κ1) is 10.1. The Labute approximate surface area is 93.9 Å². The lowest BCUT2D eigenvalue weighted by atomic mass is 10.2. The van der Waals surface area contributed by atoms with Crippen LogP contribution in [0.3, 0.4) is 0 Å². The maximum Gasteiger partial charge on any atom is 0.346 e. The molecule has 0 radical (unpaired) electrons. The molecule has 2 rings (SSSR count). The number of carboxylic acids is 1. The standard InChI is InChI=1S/C9H7NO3S2/c1-13-7-4-6(15-10-7)5-2-3-14-8(5)9(11)12/h2-4H,1H3,(H,11,12). The van der Waals surface area contributed by atoms with E-state index in [2.05, 4.69) is 4.37 Å². The van der Waals surface area contributed by atoms with Crippen LogP contribution in [0.15, 0.2) is 17.5 Å². The molecule has 15 heavy (non-hydrogen) atoms. The molecular formula is C9H7NO3S2. The molecule has 0 amide bonds. The van der Waals surface area contributed by atoms with Gasteiger partial charge in [-0.25, -0.2) is 4.79 Å². The maximum absolute atomic E-state index is 10.9. The van der Waals surface area contributed by atoms with Gasteiger partial charge in [-0.05, 0) is 23.0 Å². The zero-order chi connectivity index (χ0) is 10.8. The molecular weight excluding hydrogens is 234 g/mol. The van der Waals surface area contributed by atoms with E-state index < -0.39 is 5.97 Å². The lowest BCUT2D eigenvalue weighted by molar-refractivity contribution is 0.0703. The molecule has 0 unspecified atom stereocenters. The van der Waals surface area contributed by atoms with E-state index in [4.69, 9.17) is 9.84 Å². The number of carbonyl (C=O) groups is 1. The Morgan fingerprint density at radius 1 is 1.60 bits per heavy atom. The van der Waals surface area contributed by atoms with Crippen LogP contribution in [0.25, 0.3) is 10.4 Å². The summed E-state index contributed by atoms with van der Waals surface area (Å²) < 4.78 is 8.97. The summed E-state index contributed by atoms with van der Waals surface area (Å²) in [6.07, 6.45) is 0. The summed E-state index contributed by atoms with van der Waals surface area (Å²) in [5.41, 5.74) is 0.702. The van der Waals surface area contributed by atoms with Crippen LogP contribution in [0.1, 0.15) is 9.67 Å². The molecule has 6 heteroatoms. The number of carboxylic acid groups (broad SMARTS) is 1. The maximum atomic E-state index is 10.9. The summed E-state index contributed by atoms with van der Waals surface area (Å²) in [6, 6.07) is 3.51. The first-order chi connectivity index (χ1) is 7.22. The second-order valence-corrected chi connectivity index (χ2v) is 4.42. The predicted octanol–water partition coefficient (Wildman–Crippen LogP) is 2.58. The van der Waals surface area contributed by atoms with E-state index in [1.807, 2.05) is 0 Å². The Kier molecular flexibility index (Phi) is 2.70. The normalized spacial score (nSPS) is 10.2. The van der Waals surface area contributed by atoms with Gasteiger partial charge in [0.2, 0.25) is 5.88 Å². The molecule has 0 aliphatic heterocycles. The van der Waals surface area contributed by atoms with Gasteiger partial charge in [-0.2, -0.15) is 4.37 Å². The minimum atomic E-state index is -0.910. The third kappa shape index (κ3) is 1.86. The molecule has 0 bridgehead atoms. The highest BCUT2D eigenvalue weighted by Crippen LogP contribution is 2.33. The van der Waals surface area contributed by atoms with Crippen LogP contribution < -0.4 is 4.74 Å². The third-order valence-electron chi connectivity index (χ3n) is 1.82. The Hall–Kier alpha value is -1.40. The molecule has 2 aromatic rings. The van der Waals surface area contributed by atoms with Crippen molar-refractivity contribution in [1.82, 2.24) is 4.37 Å². The molecule has 2 aromatic heterocycles. The van der Waals surface area contributed by atoms with Gasteiger partial charge in [-0.1, -0.05) is 0 Å². The van der Waals surface area contributed by atoms with Gasteiger partial charge < -0.3 is 9.84 Å².